The van der Waals surface area contributed by atoms with Gasteiger partial charge in [0.25, 0.3) is 0 Å². The van der Waals surface area contributed by atoms with E-state index in [4.69, 9.17) is 4.74 Å². The maximum absolute atomic E-state index is 13.1. The third-order valence-corrected chi connectivity index (χ3v) is 8.30. The van der Waals surface area contributed by atoms with Gasteiger partial charge in [-0.15, -0.1) is 0 Å². The molecule has 6 atom stereocenters. The zero-order valence-corrected chi connectivity index (χ0v) is 17.8. The first kappa shape index (κ1) is 20.2. The topological polar surface area (TPSA) is 46.5 Å². The SMILES string of the molecule is CCC(C)(OC(=O)C1CC2CC1C(C)C2C(C)(C)C)C1CCC(O)CC1. The molecule has 6 unspecified atom stereocenters. The van der Waals surface area contributed by atoms with E-state index in [9.17, 15) is 9.90 Å². The Morgan fingerprint density at radius 3 is 2.19 bits per heavy atom. The van der Waals surface area contributed by atoms with E-state index >= 15 is 0 Å². The maximum Gasteiger partial charge on any atom is 0.309 e. The number of carbonyl (C=O) groups is 1. The van der Waals surface area contributed by atoms with E-state index < -0.39 is 0 Å². The van der Waals surface area contributed by atoms with Crippen LogP contribution >= 0.6 is 0 Å². The summed E-state index contributed by atoms with van der Waals surface area (Å²) >= 11 is 0. The third-order valence-electron chi connectivity index (χ3n) is 8.30. The average molecular weight is 365 g/mol. The number of rotatable bonds is 4. The monoisotopic (exact) mass is 364 g/mol. The second-order valence-corrected chi connectivity index (χ2v) is 10.8. The molecule has 3 aliphatic carbocycles. The van der Waals surface area contributed by atoms with Gasteiger partial charge in [0, 0.05) is 0 Å². The summed E-state index contributed by atoms with van der Waals surface area (Å²) in [5.74, 6) is 3.09. The highest BCUT2D eigenvalue weighted by Crippen LogP contribution is 2.60. The second-order valence-electron chi connectivity index (χ2n) is 10.8. The van der Waals surface area contributed by atoms with Crippen molar-refractivity contribution in [2.75, 3.05) is 0 Å². The Kier molecular flexibility index (Phi) is 5.52. The van der Waals surface area contributed by atoms with Crippen LogP contribution in [-0.2, 0) is 9.53 Å². The van der Waals surface area contributed by atoms with Gasteiger partial charge in [-0.3, -0.25) is 4.79 Å². The molecule has 3 saturated carbocycles. The van der Waals surface area contributed by atoms with Crippen LogP contribution in [0.4, 0.5) is 0 Å². The molecule has 3 nitrogen and oxygen atoms in total. The van der Waals surface area contributed by atoms with Crippen LogP contribution in [0.1, 0.15) is 86.5 Å². The standard InChI is InChI=1S/C23H40O3/c1-7-23(6,16-8-10-17(24)11-9-16)26-21(25)19-13-15-12-18(19)14(2)20(15)22(3,4)5/h14-20,24H,7-13H2,1-6H3. The van der Waals surface area contributed by atoms with E-state index in [1.54, 1.807) is 0 Å². The number of ether oxygens (including phenoxy) is 1. The van der Waals surface area contributed by atoms with Crippen LogP contribution in [0.2, 0.25) is 0 Å². The summed E-state index contributed by atoms with van der Waals surface area (Å²) in [5, 5.41) is 9.80. The van der Waals surface area contributed by atoms with Crippen molar-refractivity contribution in [1.82, 2.24) is 0 Å². The van der Waals surface area contributed by atoms with Crippen LogP contribution in [-0.4, -0.2) is 22.8 Å². The van der Waals surface area contributed by atoms with Crippen LogP contribution in [0.25, 0.3) is 0 Å². The molecule has 0 aromatic carbocycles. The molecule has 0 aromatic heterocycles. The smallest absolute Gasteiger partial charge is 0.309 e. The molecule has 0 radical (unpaired) electrons. The Balaban J connectivity index is 1.65. The van der Waals surface area contributed by atoms with E-state index in [-0.39, 0.29) is 23.6 Å². The Morgan fingerprint density at radius 1 is 1.08 bits per heavy atom. The molecule has 0 heterocycles. The summed E-state index contributed by atoms with van der Waals surface area (Å²) in [6.45, 7) is 13.7. The number of hydrogen-bond donors (Lipinski definition) is 1. The molecule has 0 amide bonds. The number of hydrogen-bond acceptors (Lipinski definition) is 3. The largest absolute Gasteiger partial charge is 0.459 e. The lowest BCUT2D eigenvalue weighted by molar-refractivity contribution is -0.175. The summed E-state index contributed by atoms with van der Waals surface area (Å²) in [7, 11) is 0. The van der Waals surface area contributed by atoms with Gasteiger partial charge in [0.15, 0.2) is 0 Å². The summed E-state index contributed by atoms with van der Waals surface area (Å²) in [5.41, 5.74) is -0.0414. The van der Waals surface area contributed by atoms with Gasteiger partial charge in [-0.1, -0.05) is 34.6 Å². The van der Waals surface area contributed by atoms with Crippen LogP contribution < -0.4 is 0 Å². The first-order chi connectivity index (χ1) is 12.1. The lowest BCUT2D eigenvalue weighted by Gasteiger charge is -2.43. The van der Waals surface area contributed by atoms with Crippen molar-refractivity contribution in [3.8, 4) is 0 Å². The van der Waals surface area contributed by atoms with Crippen LogP contribution in [0.5, 0.6) is 0 Å². The highest BCUT2D eigenvalue weighted by molar-refractivity contribution is 5.74. The van der Waals surface area contributed by atoms with Gasteiger partial charge in [0.05, 0.1) is 12.0 Å². The van der Waals surface area contributed by atoms with Crippen molar-refractivity contribution in [2.45, 2.75) is 98.2 Å². The van der Waals surface area contributed by atoms with Gasteiger partial charge < -0.3 is 9.84 Å². The molecule has 150 valence electrons. The number of aliphatic hydroxyl groups is 1. The minimum atomic E-state index is -0.369. The quantitative estimate of drug-likeness (QED) is 0.697. The molecule has 1 N–H and O–H groups in total. The fraction of sp³-hybridized carbons (Fsp3) is 0.957. The molecular weight excluding hydrogens is 324 g/mol. The molecule has 3 aliphatic rings. The highest BCUT2D eigenvalue weighted by atomic mass is 16.6. The summed E-state index contributed by atoms with van der Waals surface area (Å²) in [4.78, 5) is 13.1. The normalized spacial score (nSPS) is 42.5. The van der Waals surface area contributed by atoms with Crippen LogP contribution in [0.3, 0.4) is 0 Å². The van der Waals surface area contributed by atoms with Crippen LogP contribution in [0, 0.1) is 40.9 Å². The zero-order valence-electron chi connectivity index (χ0n) is 17.8. The lowest BCUT2D eigenvalue weighted by Crippen LogP contribution is -2.45. The zero-order chi connectivity index (χ0) is 19.3. The third kappa shape index (κ3) is 3.57. The molecule has 26 heavy (non-hydrogen) atoms. The predicted molar refractivity (Wildman–Crippen MR) is 105 cm³/mol. The average Bonchev–Trinajstić information content (AvgIpc) is 3.12. The Morgan fingerprint density at radius 2 is 1.69 bits per heavy atom. The second kappa shape index (κ2) is 7.11. The van der Waals surface area contributed by atoms with Crippen molar-refractivity contribution in [1.29, 1.82) is 0 Å². The molecule has 3 rings (SSSR count). The van der Waals surface area contributed by atoms with Gasteiger partial charge in [0.2, 0.25) is 0 Å². The van der Waals surface area contributed by atoms with E-state index in [2.05, 4.69) is 41.5 Å². The minimum absolute atomic E-state index is 0.0622. The summed E-state index contributed by atoms with van der Waals surface area (Å²) < 4.78 is 6.25. The van der Waals surface area contributed by atoms with Crippen molar-refractivity contribution in [3.63, 3.8) is 0 Å². The number of fused-ring (bicyclic) bond motifs is 2. The fourth-order valence-electron chi connectivity index (χ4n) is 6.88. The molecule has 3 fully saturated rings. The fourth-order valence-corrected chi connectivity index (χ4v) is 6.88. The first-order valence-corrected chi connectivity index (χ1v) is 11.0. The van der Waals surface area contributed by atoms with Gasteiger partial charge >= 0.3 is 5.97 Å². The van der Waals surface area contributed by atoms with E-state index in [1.165, 1.54) is 6.42 Å². The Bertz CT molecular complexity index is 512. The van der Waals surface area contributed by atoms with E-state index in [0.29, 0.717) is 29.1 Å². The van der Waals surface area contributed by atoms with Gasteiger partial charge in [-0.25, -0.2) is 0 Å². The molecule has 2 bridgehead atoms. The molecule has 0 aliphatic heterocycles. The Hall–Kier alpha value is -0.570. The van der Waals surface area contributed by atoms with Gasteiger partial charge in [-0.2, -0.15) is 0 Å². The summed E-state index contributed by atoms with van der Waals surface area (Å²) in [6.07, 6.45) is 6.56. The van der Waals surface area contributed by atoms with Gasteiger partial charge in [0.1, 0.15) is 5.60 Å². The van der Waals surface area contributed by atoms with Gasteiger partial charge in [-0.05, 0) is 86.9 Å². The Labute approximate surface area is 160 Å². The molecule has 0 aromatic rings. The minimum Gasteiger partial charge on any atom is -0.459 e. The number of aliphatic hydroxyl groups excluding tert-OH is 1. The highest BCUT2D eigenvalue weighted by Gasteiger charge is 2.56. The number of carbonyl (C=O) groups excluding carboxylic acids is 1. The van der Waals surface area contributed by atoms with Crippen LogP contribution in [0.15, 0.2) is 0 Å². The van der Waals surface area contributed by atoms with Crippen molar-refractivity contribution in [3.05, 3.63) is 0 Å². The van der Waals surface area contributed by atoms with E-state index in [1.807, 2.05) is 0 Å². The summed E-state index contributed by atoms with van der Waals surface area (Å²) in [6, 6.07) is 0. The molecule has 0 saturated heterocycles. The number of esters is 1. The van der Waals surface area contributed by atoms with Crippen molar-refractivity contribution < 1.29 is 14.6 Å². The molecular formula is C23H40O3. The predicted octanol–water partition coefficient (Wildman–Crippen LogP) is 5.20. The lowest BCUT2D eigenvalue weighted by atomic mass is 9.64. The molecule has 0 spiro atoms. The first-order valence-electron chi connectivity index (χ1n) is 11.0. The van der Waals surface area contributed by atoms with Crippen molar-refractivity contribution in [2.24, 2.45) is 40.9 Å². The molecule has 3 heteroatoms. The van der Waals surface area contributed by atoms with E-state index in [0.717, 1.165) is 44.4 Å². The maximum atomic E-state index is 13.1. The van der Waals surface area contributed by atoms with Crippen molar-refractivity contribution >= 4 is 5.97 Å².